The lowest BCUT2D eigenvalue weighted by atomic mass is 10.1. The van der Waals surface area contributed by atoms with Crippen LogP contribution in [-0.2, 0) is 14.3 Å². The monoisotopic (exact) mass is 443 g/mol. The minimum absolute atomic E-state index is 0.00846. The van der Waals surface area contributed by atoms with Crippen molar-refractivity contribution in [2.45, 2.75) is 6.92 Å². The van der Waals surface area contributed by atoms with Gasteiger partial charge in [-0.1, -0.05) is 11.6 Å². The third-order valence-corrected chi connectivity index (χ3v) is 5.25. The molecule has 156 valence electrons. The van der Waals surface area contributed by atoms with Crippen LogP contribution in [0.3, 0.4) is 0 Å². The summed E-state index contributed by atoms with van der Waals surface area (Å²) in [6, 6.07) is 3.70. The minimum Gasteiger partial charge on any atom is -0.460 e. The summed E-state index contributed by atoms with van der Waals surface area (Å²) in [5.74, 6) is -2.47. The molecule has 0 aliphatic rings. The van der Waals surface area contributed by atoms with E-state index in [0.29, 0.717) is 11.3 Å². The molecule has 0 saturated carbocycles. The van der Waals surface area contributed by atoms with Gasteiger partial charge in [0.15, 0.2) is 0 Å². The molecule has 2 aromatic rings. The first kappa shape index (κ1) is 22.6. The molecule has 0 aliphatic carbocycles. The number of halogens is 2. The Balaban J connectivity index is 2.15. The third kappa shape index (κ3) is 5.89. The average molecular weight is 444 g/mol. The van der Waals surface area contributed by atoms with Crippen LogP contribution in [-0.4, -0.2) is 44.7 Å². The van der Waals surface area contributed by atoms with Crippen molar-refractivity contribution in [1.29, 1.82) is 0 Å². The largest absolute Gasteiger partial charge is 0.460 e. The van der Waals surface area contributed by atoms with E-state index in [1.807, 2.05) is 0 Å². The van der Waals surface area contributed by atoms with Crippen molar-refractivity contribution in [2.24, 2.45) is 5.73 Å². The zero-order valence-electron chi connectivity index (χ0n) is 15.6. The van der Waals surface area contributed by atoms with Crippen molar-refractivity contribution in [2.75, 3.05) is 37.5 Å². The Hall–Kier alpha value is -2.69. The lowest BCUT2D eigenvalue weighted by Crippen LogP contribution is -2.23. The van der Waals surface area contributed by atoms with Gasteiger partial charge in [0.1, 0.15) is 17.4 Å². The highest BCUT2D eigenvalue weighted by Gasteiger charge is 2.25. The SMILES string of the molecule is COCCOC(=O)c1c(NC(=O)CNc2ccc(F)cc2Cl)sc(C(N)=O)c1C. The number of thiophene rings is 1. The van der Waals surface area contributed by atoms with Crippen molar-refractivity contribution >= 4 is 51.4 Å². The number of esters is 1. The quantitative estimate of drug-likeness (QED) is 0.405. The second-order valence-electron chi connectivity index (χ2n) is 5.78. The molecule has 29 heavy (non-hydrogen) atoms. The van der Waals surface area contributed by atoms with Crippen LogP contribution in [0, 0.1) is 12.7 Å². The highest BCUT2D eigenvalue weighted by molar-refractivity contribution is 7.18. The standard InChI is InChI=1S/C18H19ClFN3O5S/c1-9-14(18(26)28-6-5-27-2)17(29-15(9)16(21)25)23-13(24)8-22-12-4-3-10(20)7-11(12)19/h3-4,7,22H,5-6,8H2,1-2H3,(H2,21,25)(H,23,24). The predicted octanol–water partition coefficient (Wildman–Crippen LogP) is 2.80. The van der Waals surface area contributed by atoms with Crippen LogP contribution in [0.4, 0.5) is 15.1 Å². The van der Waals surface area contributed by atoms with Gasteiger partial charge in [-0.2, -0.15) is 0 Å². The Labute approximate surface area is 175 Å². The first-order chi connectivity index (χ1) is 13.7. The molecule has 2 rings (SSSR count). The van der Waals surface area contributed by atoms with Crippen LogP contribution in [0.25, 0.3) is 0 Å². The van der Waals surface area contributed by atoms with Crippen molar-refractivity contribution in [3.05, 3.63) is 45.0 Å². The van der Waals surface area contributed by atoms with Gasteiger partial charge in [-0.3, -0.25) is 9.59 Å². The van der Waals surface area contributed by atoms with Gasteiger partial charge in [0.25, 0.3) is 5.91 Å². The summed E-state index contributed by atoms with van der Waals surface area (Å²) in [4.78, 5) is 36.5. The number of nitrogens with two attached hydrogens (primary N) is 1. The second-order valence-corrected chi connectivity index (χ2v) is 7.21. The van der Waals surface area contributed by atoms with Gasteiger partial charge in [-0.15, -0.1) is 11.3 Å². The maximum absolute atomic E-state index is 13.1. The number of methoxy groups -OCH3 is 1. The predicted molar refractivity (Wildman–Crippen MR) is 108 cm³/mol. The first-order valence-electron chi connectivity index (χ1n) is 8.32. The van der Waals surface area contributed by atoms with Gasteiger partial charge in [0, 0.05) is 7.11 Å². The highest BCUT2D eigenvalue weighted by Crippen LogP contribution is 2.33. The van der Waals surface area contributed by atoms with Crippen LogP contribution in [0.5, 0.6) is 0 Å². The van der Waals surface area contributed by atoms with Gasteiger partial charge in [-0.05, 0) is 30.7 Å². The molecule has 1 aromatic heterocycles. The molecule has 0 unspecified atom stereocenters. The van der Waals surface area contributed by atoms with Crippen molar-refractivity contribution in [1.82, 2.24) is 0 Å². The van der Waals surface area contributed by atoms with Gasteiger partial charge in [0.2, 0.25) is 5.91 Å². The Bertz CT molecular complexity index is 934. The molecule has 0 saturated heterocycles. The minimum atomic E-state index is -0.727. The first-order valence-corrected chi connectivity index (χ1v) is 9.52. The molecule has 0 spiro atoms. The fourth-order valence-electron chi connectivity index (χ4n) is 2.35. The summed E-state index contributed by atoms with van der Waals surface area (Å²) in [5.41, 5.74) is 6.07. The van der Waals surface area contributed by atoms with E-state index >= 15 is 0 Å². The van der Waals surface area contributed by atoms with Crippen LogP contribution in [0.15, 0.2) is 18.2 Å². The number of nitrogens with one attached hydrogen (secondary N) is 2. The Morgan fingerprint density at radius 1 is 1.28 bits per heavy atom. The van der Waals surface area contributed by atoms with E-state index in [-0.39, 0.29) is 40.2 Å². The summed E-state index contributed by atoms with van der Waals surface area (Å²) < 4.78 is 23.0. The van der Waals surface area contributed by atoms with Gasteiger partial charge in [0.05, 0.1) is 34.3 Å². The lowest BCUT2D eigenvalue weighted by Gasteiger charge is -2.10. The number of primary amides is 1. The number of rotatable bonds is 9. The van der Waals surface area contributed by atoms with Gasteiger partial charge >= 0.3 is 5.97 Å². The van der Waals surface area contributed by atoms with Gasteiger partial charge in [-0.25, -0.2) is 9.18 Å². The van der Waals surface area contributed by atoms with E-state index in [2.05, 4.69) is 10.6 Å². The van der Waals surface area contributed by atoms with Crippen LogP contribution < -0.4 is 16.4 Å². The maximum Gasteiger partial charge on any atom is 0.341 e. The van der Waals surface area contributed by atoms with Crippen LogP contribution >= 0.6 is 22.9 Å². The average Bonchev–Trinajstić information content (AvgIpc) is 2.97. The summed E-state index contributed by atoms with van der Waals surface area (Å²) in [7, 11) is 1.46. The van der Waals surface area contributed by atoms with Crippen LogP contribution in [0.2, 0.25) is 5.02 Å². The van der Waals surface area contributed by atoms with Crippen LogP contribution in [0.1, 0.15) is 25.6 Å². The Kier molecular flexibility index (Phi) is 7.94. The number of carbonyl (C=O) groups is 3. The number of amides is 2. The van der Waals surface area contributed by atoms with E-state index in [4.69, 9.17) is 26.8 Å². The van der Waals surface area contributed by atoms with E-state index in [1.54, 1.807) is 0 Å². The topological polar surface area (TPSA) is 120 Å². The second kappa shape index (κ2) is 10.2. The maximum atomic E-state index is 13.1. The zero-order valence-corrected chi connectivity index (χ0v) is 17.2. The molecule has 0 aliphatic heterocycles. The molecular formula is C18H19ClFN3O5S. The van der Waals surface area contributed by atoms with Crippen molar-refractivity contribution in [3.63, 3.8) is 0 Å². The highest BCUT2D eigenvalue weighted by atomic mass is 35.5. The van der Waals surface area contributed by atoms with E-state index in [1.165, 1.54) is 26.2 Å². The zero-order chi connectivity index (χ0) is 21.6. The number of hydrogen-bond donors (Lipinski definition) is 3. The number of benzene rings is 1. The smallest absolute Gasteiger partial charge is 0.341 e. The molecular weight excluding hydrogens is 425 g/mol. The van der Waals surface area contributed by atoms with Crippen molar-refractivity contribution < 1.29 is 28.2 Å². The molecule has 1 aromatic carbocycles. The number of carbonyl (C=O) groups excluding carboxylic acids is 3. The summed E-state index contributed by atoms with van der Waals surface area (Å²) >= 11 is 6.78. The summed E-state index contributed by atoms with van der Waals surface area (Å²) in [6.45, 7) is 1.53. The Morgan fingerprint density at radius 3 is 2.62 bits per heavy atom. The third-order valence-electron chi connectivity index (χ3n) is 3.72. The molecule has 1 heterocycles. The molecule has 0 radical (unpaired) electrons. The number of ether oxygens (including phenoxy) is 2. The van der Waals surface area contributed by atoms with Crippen molar-refractivity contribution in [3.8, 4) is 0 Å². The molecule has 11 heteroatoms. The normalized spacial score (nSPS) is 10.5. The molecule has 2 amide bonds. The Morgan fingerprint density at radius 2 is 2.00 bits per heavy atom. The summed E-state index contributed by atoms with van der Waals surface area (Å²) in [5, 5.41) is 5.57. The molecule has 0 fully saturated rings. The summed E-state index contributed by atoms with van der Waals surface area (Å²) in [6.07, 6.45) is 0. The lowest BCUT2D eigenvalue weighted by molar-refractivity contribution is -0.114. The fourth-order valence-corrected chi connectivity index (χ4v) is 3.65. The molecule has 4 N–H and O–H groups in total. The number of anilines is 2. The molecule has 0 atom stereocenters. The van der Waals surface area contributed by atoms with Gasteiger partial charge < -0.3 is 25.8 Å². The molecule has 0 bridgehead atoms. The van der Waals surface area contributed by atoms with E-state index in [9.17, 15) is 18.8 Å². The fraction of sp³-hybridized carbons (Fsp3) is 0.278. The molecule has 8 nitrogen and oxygen atoms in total. The van der Waals surface area contributed by atoms with E-state index < -0.39 is 23.6 Å². The number of hydrogen-bond acceptors (Lipinski definition) is 7. The van der Waals surface area contributed by atoms with E-state index in [0.717, 1.165) is 17.4 Å².